The van der Waals surface area contributed by atoms with Gasteiger partial charge in [0.25, 0.3) is 0 Å². The summed E-state index contributed by atoms with van der Waals surface area (Å²) in [5.41, 5.74) is 1.74. The molecule has 0 saturated heterocycles. The second kappa shape index (κ2) is 5.49. The first kappa shape index (κ1) is 14.3. The molecule has 0 aromatic heterocycles. The molecule has 0 bridgehead atoms. The average Bonchev–Trinajstić information content (AvgIpc) is 2.34. The average molecular weight is 473 g/mol. The number of phenols is 1. The van der Waals surface area contributed by atoms with Gasteiger partial charge >= 0.3 is 5.97 Å². The number of hydrogen-bond acceptors (Lipinski definition) is 3. The van der Waals surface area contributed by atoms with Crippen molar-refractivity contribution in [3.05, 3.63) is 24.3 Å². The van der Waals surface area contributed by atoms with E-state index in [0.29, 0.717) is 9.13 Å². The van der Waals surface area contributed by atoms with Gasteiger partial charge in [-0.15, -0.1) is 0 Å². The van der Waals surface area contributed by atoms with E-state index < -0.39 is 12.0 Å². The number of carboxylic acid groups (broad SMARTS) is 1. The minimum Gasteiger partial charge on any atom is -0.506 e. The standard InChI is InChI=1S/C12H13I2NO3/c1-2-6-3-5-4-7(13)11(16)9(14)8(5)10(15-6)12(17)18/h4,6,10,15-16H,2-3H2,1H3,(H,17,18)/t6-,10?/m0/s1. The maximum absolute atomic E-state index is 11.4. The Morgan fingerprint density at radius 1 is 1.56 bits per heavy atom. The first-order valence-electron chi connectivity index (χ1n) is 5.64. The number of aliphatic carboxylic acids is 1. The highest BCUT2D eigenvalue weighted by molar-refractivity contribution is 14.1. The van der Waals surface area contributed by atoms with Crippen LogP contribution in [0.2, 0.25) is 0 Å². The van der Waals surface area contributed by atoms with Gasteiger partial charge in [0.05, 0.1) is 7.14 Å². The van der Waals surface area contributed by atoms with Crippen LogP contribution >= 0.6 is 45.2 Å². The number of benzene rings is 1. The zero-order valence-corrected chi connectivity index (χ0v) is 14.0. The SMILES string of the molecule is CC[C@H]1Cc2cc(I)c(O)c(I)c2C(C(=O)O)N1. The molecule has 6 heteroatoms. The minimum atomic E-state index is -0.895. The number of halogens is 2. The zero-order valence-electron chi connectivity index (χ0n) is 9.70. The molecule has 0 aliphatic carbocycles. The van der Waals surface area contributed by atoms with Crippen LogP contribution < -0.4 is 5.32 Å². The molecule has 3 N–H and O–H groups in total. The van der Waals surface area contributed by atoms with Crippen LogP contribution in [0.4, 0.5) is 0 Å². The van der Waals surface area contributed by atoms with Crippen LogP contribution in [-0.2, 0) is 11.2 Å². The summed E-state index contributed by atoms with van der Waals surface area (Å²) < 4.78 is 1.42. The molecule has 0 fully saturated rings. The molecule has 1 aliphatic rings. The molecule has 2 rings (SSSR count). The number of phenolic OH excluding ortho intramolecular Hbond substituents is 1. The fraction of sp³-hybridized carbons (Fsp3) is 0.417. The van der Waals surface area contributed by atoms with Crippen LogP contribution in [0.3, 0.4) is 0 Å². The number of hydrogen-bond donors (Lipinski definition) is 3. The van der Waals surface area contributed by atoms with E-state index in [1.807, 2.05) is 35.6 Å². The molecule has 1 heterocycles. The molecule has 1 aromatic carbocycles. The Bertz CT molecular complexity index is 505. The van der Waals surface area contributed by atoms with Gasteiger partial charge in [-0.2, -0.15) is 0 Å². The number of nitrogens with one attached hydrogen (secondary N) is 1. The number of rotatable bonds is 2. The Morgan fingerprint density at radius 2 is 2.22 bits per heavy atom. The molecule has 0 saturated carbocycles. The van der Waals surface area contributed by atoms with Crippen molar-refractivity contribution in [3.8, 4) is 5.75 Å². The van der Waals surface area contributed by atoms with Gasteiger partial charge in [0, 0.05) is 11.6 Å². The quantitative estimate of drug-likeness (QED) is 0.579. The third-order valence-corrected chi connectivity index (χ3v) is 5.13. The van der Waals surface area contributed by atoms with Crippen molar-refractivity contribution in [2.75, 3.05) is 0 Å². The first-order valence-corrected chi connectivity index (χ1v) is 7.80. The maximum Gasteiger partial charge on any atom is 0.325 e. The number of fused-ring (bicyclic) bond motifs is 1. The van der Waals surface area contributed by atoms with Gasteiger partial charge in [0.2, 0.25) is 0 Å². The molecule has 4 nitrogen and oxygen atoms in total. The van der Waals surface area contributed by atoms with Gasteiger partial charge in [-0.3, -0.25) is 10.1 Å². The summed E-state index contributed by atoms with van der Waals surface area (Å²) in [6.45, 7) is 2.04. The number of carboxylic acids is 1. The van der Waals surface area contributed by atoms with Gasteiger partial charge in [0.15, 0.2) is 0 Å². The molecular weight excluding hydrogens is 460 g/mol. The van der Waals surface area contributed by atoms with E-state index in [1.165, 1.54) is 0 Å². The molecule has 2 atom stereocenters. The molecule has 1 aliphatic heterocycles. The Morgan fingerprint density at radius 3 is 2.78 bits per heavy atom. The highest BCUT2D eigenvalue weighted by Gasteiger charge is 2.33. The summed E-state index contributed by atoms with van der Waals surface area (Å²) in [6.07, 6.45) is 1.69. The Labute approximate surface area is 132 Å². The Hall–Kier alpha value is -0.0900. The van der Waals surface area contributed by atoms with Crippen molar-refractivity contribution in [1.82, 2.24) is 5.32 Å². The van der Waals surface area contributed by atoms with E-state index in [4.69, 9.17) is 0 Å². The van der Waals surface area contributed by atoms with E-state index in [0.717, 1.165) is 22.0 Å². The van der Waals surface area contributed by atoms with Gasteiger partial charge in [-0.1, -0.05) is 6.92 Å². The third-order valence-electron chi connectivity index (χ3n) is 3.21. The second-order valence-corrected chi connectivity index (χ2v) is 6.58. The lowest BCUT2D eigenvalue weighted by atomic mass is 9.89. The predicted octanol–water partition coefficient (Wildman–Crippen LogP) is 2.65. The molecule has 18 heavy (non-hydrogen) atoms. The van der Waals surface area contributed by atoms with E-state index in [1.54, 1.807) is 0 Å². The summed E-state index contributed by atoms with van der Waals surface area (Å²) in [7, 11) is 0. The first-order chi connectivity index (χ1) is 8.45. The van der Waals surface area contributed by atoms with Crippen molar-refractivity contribution in [3.63, 3.8) is 0 Å². The predicted molar refractivity (Wildman–Crippen MR) is 84.8 cm³/mol. The topological polar surface area (TPSA) is 69.6 Å². The lowest BCUT2D eigenvalue weighted by Crippen LogP contribution is -2.43. The second-order valence-electron chi connectivity index (χ2n) is 4.34. The van der Waals surface area contributed by atoms with Crippen LogP contribution in [0.1, 0.15) is 30.5 Å². The van der Waals surface area contributed by atoms with Crippen LogP contribution in [0.5, 0.6) is 5.75 Å². The van der Waals surface area contributed by atoms with Crippen molar-refractivity contribution in [2.24, 2.45) is 0 Å². The summed E-state index contributed by atoms with van der Waals surface area (Å²) >= 11 is 4.10. The molecule has 98 valence electrons. The summed E-state index contributed by atoms with van der Waals surface area (Å²) in [5, 5.41) is 22.4. The monoisotopic (exact) mass is 473 g/mol. The van der Waals surface area contributed by atoms with Gasteiger partial charge in [-0.25, -0.2) is 0 Å². The number of carbonyl (C=O) groups is 1. The summed E-state index contributed by atoms with van der Waals surface area (Å²) in [5.74, 6) is -0.717. The van der Waals surface area contributed by atoms with Gasteiger partial charge in [-0.05, 0) is 69.7 Å². The highest BCUT2D eigenvalue weighted by Crippen LogP contribution is 2.38. The van der Waals surface area contributed by atoms with E-state index in [-0.39, 0.29) is 11.8 Å². The smallest absolute Gasteiger partial charge is 0.325 e. The lowest BCUT2D eigenvalue weighted by Gasteiger charge is -2.31. The largest absolute Gasteiger partial charge is 0.506 e. The molecular formula is C12H13I2NO3. The van der Waals surface area contributed by atoms with E-state index in [9.17, 15) is 15.0 Å². The van der Waals surface area contributed by atoms with Crippen LogP contribution in [0.15, 0.2) is 6.07 Å². The van der Waals surface area contributed by atoms with Gasteiger partial charge in [0.1, 0.15) is 11.8 Å². The molecule has 1 aromatic rings. The van der Waals surface area contributed by atoms with E-state index >= 15 is 0 Å². The minimum absolute atomic E-state index is 0.176. The Balaban J connectivity index is 2.59. The van der Waals surface area contributed by atoms with Crippen molar-refractivity contribution in [1.29, 1.82) is 0 Å². The normalized spacial score (nSPS) is 22.6. The van der Waals surface area contributed by atoms with E-state index in [2.05, 4.69) is 27.9 Å². The fourth-order valence-corrected chi connectivity index (χ4v) is 4.36. The fourth-order valence-electron chi connectivity index (χ4n) is 2.25. The van der Waals surface area contributed by atoms with Gasteiger partial charge < -0.3 is 10.2 Å². The zero-order chi connectivity index (χ0) is 13.4. The van der Waals surface area contributed by atoms with Crippen LogP contribution in [-0.4, -0.2) is 22.2 Å². The van der Waals surface area contributed by atoms with Crippen molar-refractivity contribution >= 4 is 51.2 Å². The molecule has 1 unspecified atom stereocenters. The Kier molecular flexibility index (Phi) is 4.37. The highest BCUT2D eigenvalue weighted by atomic mass is 127. The summed E-state index contributed by atoms with van der Waals surface area (Å²) in [4.78, 5) is 11.4. The van der Waals surface area contributed by atoms with Crippen molar-refractivity contribution < 1.29 is 15.0 Å². The third kappa shape index (κ3) is 2.46. The molecule has 0 spiro atoms. The molecule has 0 amide bonds. The van der Waals surface area contributed by atoms with Crippen molar-refractivity contribution in [2.45, 2.75) is 31.8 Å². The summed E-state index contributed by atoms with van der Waals surface area (Å²) in [6, 6.07) is 1.34. The van der Waals surface area contributed by atoms with Crippen LogP contribution in [0.25, 0.3) is 0 Å². The lowest BCUT2D eigenvalue weighted by molar-refractivity contribution is -0.140. The number of aromatic hydroxyl groups is 1. The van der Waals surface area contributed by atoms with Crippen LogP contribution in [0, 0.1) is 7.14 Å². The molecule has 0 radical (unpaired) electrons. The maximum atomic E-state index is 11.4.